The Morgan fingerprint density at radius 1 is 0.525 bits per heavy atom. The van der Waals surface area contributed by atoms with E-state index in [4.69, 9.17) is 0 Å². The van der Waals surface area contributed by atoms with Crippen LogP contribution in [0.2, 0.25) is 0 Å². The van der Waals surface area contributed by atoms with Crippen LogP contribution in [0.1, 0.15) is 79.7 Å². The Morgan fingerprint density at radius 2 is 1.00 bits per heavy atom. The van der Waals surface area contributed by atoms with Crippen molar-refractivity contribution in [2.45, 2.75) is 57.3 Å². The molecule has 1 unspecified atom stereocenters. The topological polar surface area (TPSA) is 12.0 Å². The summed E-state index contributed by atoms with van der Waals surface area (Å²) in [4.78, 5) is 0. The van der Waals surface area contributed by atoms with Gasteiger partial charge in [-0.05, 0) is 58.4 Å². The fraction of sp³-hybridized carbons (Fsp3) is 0.231. The lowest BCUT2D eigenvalue weighted by Gasteiger charge is -2.37. The summed E-state index contributed by atoms with van der Waals surface area (Å²) in [6.45, 7) is 4.64. The number of anilines is 2. The van der Waals surface area contributed by atoms with E-state index in [-0.39, 0.29) is 0 Å². The molecular weight excluding hydrogens is 482 g/mol. The maximum Gasteiger partial charge on any atom is 0.0701 e. The molecule has 0 fully saturated rings. The molecule has 1 nitrogen and oxygen atoms in total. The van der Waals surface area contributed by atoms with E-state index in [1.54, 1.807) is 0 Å². The fourth-order valence-electron chi connectivity index (χ4n) is 6.10. The molecule has 0 aliphatic rings. The van der Waals surface area contributed by atoms with Crippen molar-refractivity contribution in [1.82, 2.24) is 0 Å². The van der Waals surface area contributed by atoms with Gasteiger partial charge in [0, 0.05) is 11.4 Å². The summed E-state index contributed by atoms with van der Waals surface area (Å²) in [5.74, 6) is 0.529. The molecule has 0 spiro atoms. The average molecular weight is 524 g/mol. The standard InChI is InChI=1S/C39H41N/c1-3-4-5-9-18-31(2)37-25-16-17-26-38(37)40-36-29-27-35(28-30-36)39(32-19-10-6-11-20-32,33-21-12-7-13-22-33)34-23-14-8-15-24-34/h6-8,10-17,19-31,40H,3-5,9,18H2,1-2H3. The first-order chi connectivity index (χ1) is 19.7. The molecule has 1 N–H and O–H groups in total. The van der Waals surface area contributed by atoms with Gasteiger partial charge in [-0.25, -0.2) is 0 Å². The molecule has 5 aromatic carbocycles. The Labute approximate surface area is 240 Å². The second-order valence-electron chi connectivity index (χ2n) is 10.9. The summed E-state index contributed by atoms with van der Waals surface area (Å²) >= 11 is 0. The molecule has 202 valence electrons. The zero-order valence-corrected chi connectivity index (χ0v) is 23.9. The highest BCUT2D eigenvalue weighted by molar-refractivity contribution is 5.66. The minimum atomic E-state index is -0.423. The molecule has 0 saturated carbocycles. The smallest absolute Gasteiger partial charge is 0.0701 e. The molecule has 0 aliphatic heterocycles. The molecule has 0 saturated heterocycles. The third-order valence-electron chi connectivity index (χ3n) is 8.20. The molecular formula is C39H41N. The average Bonchev–Trinajstić information content (AvgIpc) is 3.02. The number of hydrogen-bond donors (Lipinski definition) is 1. The first-order valence-corrected chi connectivity index (χ1v) is 14.9. The van der Waals surface area contributed by atoms with Crippen molar-refractivity contribution < 1.29 is 0 Å². The summed E-state index contributed by atoms with van der Waals surface area (Å²) < 4.78 is 0. The van der Waals surface area contributed by atoms with E-state index >= 15 is 0 Å². The van der Waals surface area contributed by atoms with Crippen molar-refractivity contribution in [3.63, 3.8) is 0 Å². The number of para-hydroxylation sites is 1. The number of nitrogens with one attached hydrogen (secondary N) is 1. The molecule has 5 aromatic rings. The van der Waals surface area contributed by atoms with Crippen LogP contribution in [-0.2, 0) is 5.41 Å². The number of rotatable bonds is 12. The zero-order valence-electron chi connectivity index (χ0n) is 23.9. The molecule has 0 bridgehead atoms. The maximum absolute atomic E-state index is 3.75. The minimum absolute atomic E-state index is 0.423. The normalized spacial score (nSPS) is 12.2. The van der Waals surface area contributed by atoms with Gasteiger partial charge >= 0.3 is 0 Å². The largest absolute Gasteiger partial charge is 0.355 e. The summed E-state index contributed by atoms with van der Waals surface area (Å²) in [5.41, 5.74) is 8.32. The number of benzene rings is 5. The van der Waals surface area contributed by atoms with E-state index in [0.717, 1.165) is 5.69 Å². The van der Waals surface area contributed by atoms with Gasteiger partial charge in [0.2, 0.25) is 0 Å². The fourth-order valence-corrected chi connectivity index (χ4v) is 6.10. The van der Waals surface area contributed by atoms with Crippen molar-refractivity contribution in [2.75, 3.05) is 5.32 Å². The van der Waals surface area contributed by atoms with Gasteiger partial charge in [-0.3, -0.25) is 0 Å². The first kappa shape index (κ1) is 27.5. The Morgan fingerprint density at radius 3 is 1.52 bits per heavy atom. The van der Waals surface area contributed by atoms with E-state index in [0.29, 0.717) is 5.92 Å². The van der Waals surface area contributed by atoms with Crippen molar-refractivity contribution in [3.05, 3.63) is 167 Å². The molecule has 40 heavy (non-hydrogen) atoms. The number of hydrogen-bond acceptors (Lipinski definition) is 1. The lowest BCUT2D eigenvalue weighted by Crippen LogP contribution is -2.30. The van der Waals surface area contributed by atoms with Crippen molar-refractivity contribution in [3.8, 4) is 0 Å². The summed E-state index contributed by atoms with van der Waals surface area (Å²) in [6, 6.07) is 50.6. The Hall–Kier alpha value is -4.10. The Balaban J connectivity index is 1.52. The van der Waals surface area contributed by atoms with Crippen LogP contribution in [0.5, 0.6) is 0 Å². The molecule has 5 rings (SSSR count). The molecule has 1 atom stereocenters. The van der Waals surface area contributed by atoms with E-state index in [1.165, 1.54) is 65.6 Å². The first-order valence-electron chi connectivity index (χ1n) is 14.9. The van der Waals surface area contributed by atoms with Crippen molar-refractivity contribution >= 4 is 11.4 Å². The Kier molecular flexibility index (Phi) is 9.14. The highest BCUT2D eigenvalue weighted by Gasteiger charge is 2.38. The molecule has 0 aliphatic carbocycles. The highest BCUT2D eigenvalue weighted by Crippen LogP contribution is 2.45. The van der Waals surface area contributed by atoms with E-state index in [1.807, 2.05) is 0 Å². The third-order valence-corrected chi connectivity index (χ3v) is 8.20. The Bertz CT molecular complexity index is 1340. The minimum Gasteiger partial charge on any atom is -0.355 e. The van der Waals surface area contributed by atoms with Gasteiger partial charge < -0.3 is 5.32 Å². The van der Waals surface area contributed by atoms with Gasteiger partial charge in [0.25, 0.3) is 0 Å². The summed E-state index contributed by atoms with van der Waals surface area (Å²) in [6.07, 6.45) is 6.45. The summed E-state index contributed by atoms with van der Waals surface area (Å²) in [5, 5.41) is 3.75. The predicted octanol–water partition coefficient (Wildman–Crippen LogP) is 10.9. The van der Waals surface area contributed by atoms with Crippen molar-refractivity contribution in [2.24, 2.45) is 0 Å². The van der Waals surface area contributed by atoms with Gasteiger partial charge in [0.05, 0.1) is 5.41 Å². The van der Waals surface area contributed by atoms with Gasteiger partial charge in [0.15, 0.2) is 0 Å². The molecule has 1 heteroatoms. The zero-order chi connectivity index (χ0) is 27.6. The molecule has 0 radical (unpaired) electrons. The van der Waals surface area contributed by atoms with Crippen LogP contribution in [0.15, 0.2) is 140 Å². The highest BCUT2D eigenvalue weighted by atomic mass is 14.9. The van der Waals surface area contributed by atoms with E-state index in [9.17, 15) is 0 Å². The van der Waals surface area contributed by atoms with Crippen LogP contribution in [0, 0.1) is 0 Å². The van der Waals surface area contributed by atoms with E-state index in [2.05, 4.69) is 159 Å². The molecule has 0 amide bonds. The van der Waals surface area contributed by atoms with Crippen molar-refractivity contribution in [1.29, 1.82) is 0 Å². The maximum atomic E-state index is 3.75. The third kappa shape index (κ3) is 5.89. The van der Waals surface area contributed by atoms with Crippen LogP contribution in [-0.4, -0.2) is 0 Å². The molecule has 0 heterocycles. The monoisotopic (exact) mass is 523 g/mol. The quantitative estimate of drug-likeness (QED) is 0.127. The SMILES string of the molecule is CCCCCCC(C)c1ccccc1Nc1ccc(C(c2ccccc2)(c2ccccc2)c2ccccc2)cc1. The second kappa shape index (κ2) is 13.3. The van der Waals surface area contributed by atoms with Crippen LogP contribution < -0.4 is 5.32 Å². The lowest BCUT2D eigenvalue weighted by atomic mass is 9.65. The molecule has 0 aromatic heterocycles. The van der Waals surface area contributed by atoms with Crippen LogP contribution in [0.4, 0.5) is 11.4 Å². The predicted molar refractivity (Wildman–Crippen MR) is 172 cm³/mol. The second-order valence-corrected chi connectivity index (χ2v) is 10.9. The van der Waals surface area contributed by atoms with Gasteiger partial charge in [-0.1, -0.05) is 161 Å². The van der Waals surface area contributed by atoms with Gasteiger partial charge in [-0.15, -0.1) is 0 Å². The van der Waals surface area contributed by atoms with Crippen LogP contribution >= 0.6 is 0 Å². The van der Waals surface area contributed by atoms with Crippen LogP contribution in [0.25, 0.3) is 0 Å². The van der Waals surface area contributed by atoms with Crippen LogP contribution in [0.3, 0.4) is 0 Å². The van der Waals surface area contributed by atoms with Gasteiger partial charge in [-0.2, -0.15) is 0 Å². The van der Waals surface area contributed by atoms with E-state index < -0.39 is 5.41 Å². The summed E-state index contributed by atoms with van der Waals surface area (Å²) in [7, 11) is 0. The lowest BCUT2D eigenvalue weighted by molar-refractivity contribution is 0.581. The van der Waals surface area contributed by atoms with Gasteiger partial charge in [0.1, 0.15) is 0 Å². The number of unbranched alkanes of at least 4 members (excludes halogenated alkanes) is 3.